The molecule has 2 aromatic rings. The summed E-state index contributed by atoms with van der Waals surface area (Å²) in [5, 5.41) is 6.88. The van der Waals surface area contributed by atoms with Crippen molar-refractivity contribution in [1.82, 2.24) is 25.1 Å². The maximum atomic E-state index is 5.95. The van der Waals surface area contributed by atoms with Crippen LogP contribution in [0.2, 0.25) is 0 Å². The summed E-state index contributed by atoms with van der Waals surface area (Å²) in [5.41, 5.74) is 12.7. The second kappa shape index (κ2) is 7.16. The van der Waals surface area contributed by atoms with Gasteiger partial charge in [0.25, 0.3) is 0 Å². The lowest BCUT2D eigenvalue weighted by molar-refractivity contribution is 0.177. The molecule has 4 rings (SSSR count). The first kappa shape index (κ1) is 17.2. The van der Waals surface area contributed by atoms with E-state index < -0.39 is 0 Å². The van der Waals surface area contributed by atoms with Crippen molar-refractivity contribution in [2.45, 2.75) is 50.2 Å². The van der Waals surface area contributed by atoms with Crippen LogP contribution in [0.3, 0.4) is 0 Å². The zero-order valence-corrected chi connectivity index (χ0v) is 15.1. The van der Waals surface area contributed by atoms with E-state index in [9.17, 15) is 0 Å². The Hall–Kier alpha value is -2.26. The highest BCUT2D eigenvalue weighted by Gasteiger charge is 2.30. The molecule has 2 aliphatic rings. The summed E-state index contributed by atoms with van der Waals surface area (Å²) in [6, 6.07) is 2.43. The third-order valence-corrected chi connectivity index (χ3v) is 5.37. The van der Waals surface area contributed by atoms with E-state index in [0.717, 1.165) is 61.9 Å². The number of methoxy groups -OCH3 is 1. The standard InChI is InChI=1S/C17H26N8O/c1-26-9-14-20-13(11-6-12(18)7-11)8-15(21-14)25-4-2-10(3-5-25)16-22-17(19)24-23-16/h8,10-12H,2-7,9,18H2,1H3,(H3,19,22,23,24). The van der Waals surface area contributed by atoms with E-state index in [1.54, 1.807) is 7.11 Å². The van der Waals surface area contributed by atoms with Gasteiger partial charge in [-0.3, -0.25) is 5.10 Å². The molecule has 0 unspecified atom stereocenters. The Morgan fingerprint density at radius 3 is 2.58 bits per heavy atom. The van der Waals surface area contributed by atoms with Crippen LogP contribution < -0.4 is 16.4 Å². The number of aromatic nitrogens is 5. The molecule has 0 bridgehead atoms. The summed E-state index contributed by atoms with van der Waals surface area (Å²) in [6.45, 7) is 2.25. The van der Waals surface area contributed by atoms with E-state index in [1.807, 2.05) is 0 Å². The van der Waals surface area contributed by atoms with Crippen LogP contribution in [-0.2, 0) is 11.3 Å². The van der Waals surface area contributed by atoms with Crippen molar-refractivity contribution in [3.05, 3.63) is 23.4 Å². The van der Waals surface area contributed by atoms with Gasteiger partial charge in [-0.2, -0.15) is 4.98 Å². The Morgan fingerprint density at radius 1 is 1.19 bits per heavy atom. The average molecular weight is 358 g/mol. The minimum atomic E-state index is 0.300. The molecule has 0 radical (unpaired) electrons. The number of nitrogen functional groups attached to an aromatic ring is 1. The van der Waals surface area contributed by atoms with E-state index in [-0.39, 0.29) is 0 Å². The molecule has 5 N–H and O–H groups in total. The van der Waals surface area contributed by atoms with Crippen LogP contribution in [0, 0.1) is 0 Å². The van der Waals surface area contributed by atoms with Crippen molar-refractivity contribution in [2.24, 2.45) is 5.73 Å². The Kier molecular flexibility index (Phi) is 4.73. The lowest BCUT2D eigenvalue weighted by Crippen LogP contribution is -2.36. The molecule has 0 amide bonds. The monoisotopic (exact) mass is 358 g/mol. The Bertz CT molecular complexity index is 749. The predicted octanol–water partition coefficient (Wildman–Crippen LogP) is 0.912. The Labute approximate surface area is 152 Å². The molecule has 0 atom stereocenters. The number of nitrogens with one attached hydrogen (secondary N) is 1. The number of hydrogen-bond donors (Lipinski definition) is 3. The molecule has 1 saturated carbocycles. The highest BCUT2D eigenvalue weighted by atomic mass is 16.5. The second-order valence-electron chi connectivity index (χ2n) is 7.27. The fraction of sp³-hybridized carbons (Fsp3) is 0.647. The first-order chi connectivity index (χ1) is 12.6. The molecule has 0 spiro atoms. The predicted molar refractivity (Wildman–Crippen MR) is 97.7 cm³/mol. The number of nitrogens with two attached hydrogens (primary N) is 2. The lowest BCUT2D eigenvalue weighted by Gasteiger charge is -2.34. The first-order valence-corrected chi connectivity index (χ1v) is 9.17. The van der Waals surface area contributed by atoms with Gasteiger partial charge >= 0.3 is 0 Å². The van der Waals surface area contributed by atoms with Gasteiger partial charge in [-0.25, -0.2) is 9.97 Å². The van der Waals surface area contributed by atoms with Crippen LogP contribution in [0.5, 0.6) is 0 Å². The maximum Gasteiger partial charge on any atom is 0.239 e. The SMILES string of the molecule is COCc1nc(C2CC(N)C2)cc(N2CCC(c3nc(N)n[nH]3)CC2)n1. The highest BCUT2D eigenvalue weighted by Crippen LogP contribution is 2.36. The normalized spacial score (nSPS) is 23.8. The number of piperidine rings is 1. The fourth-order valence-corrected chi connectivity index (χ4v) is 3.82. The van der Waals surface area contributed by atoms with Crippen molar-refractivity contribution in [1.29, 1.82) is 0 Å². The van der Waals surface area contributed by atoms with Crippen LogP contribution in [0.25, 0.3) is 0 Å². The van der Waals surface area contributed by atoms with E-state index in [1.165, 1.54) is 0 Å². The molecule has 9 nitrogen and oxygen atoms in total. The molecular formula is C17H26N8O. The minimum absolute atomic E-state index is 0.300. The number of rotatable bonds is 5. The largest absolute Gasteiger partial charge is 0.377 e. The molecule has 3 heterocycles. The quantitative estimate of drug-likeness (QED) is 0.718. The fourth-order valence-electron chi connectivity index (χ4n) is 3.82. The van der Waals surface area contributed by atoms with Gasteiger partial charge in [0.05, 0.1) is 0 Å². The molecule has 2 fully saturated rings. The van der Waals surface area contributed by atoms with E-state index in [0.29, 0.717) is 30.4 Å². The summed E-state index contributed by atoms with van der Waals surface area (Å²) < 4.78 is 5.26. The van der Waals surface area contributed by atoms with E-state index >= 15 is 0 Å². The maximum absolute atomic E-state index is 5.95. The van der Waals surface area contributed by atoms with Crippen molar-refractivity contribution in [2.75, 3.05) is 30.8 Å². The lowest BCUT2D eigenvalue weighted by atomic mass is 9.78. The summed E-state index contributed by atoms with van der Waals surface area (Å²) in [4.78, 5) is 16.0. The molecule has 140 valence electrons. The zero-order valence-electron chi connectivity index (χ0n) is 15.1. The summed E-state index contributed by atoms with van der Waals surface area (Å²) in [6.07, 6.45) is 3.97. The number of aromatic amines is 1. The molecule has 1 aliphatic heterocycles. The van der Waals surface area contributed by atoms with Gasteiger partial charge in [-0.05, 0) is 25.7 Å². The zero-order chi connectivity index (χ0) is 18.1. The van der Waals surface area contributed by atoms with E-state index in [4.69, 9.17) is 21.2 Å². The van der Waals surface area contributed by atoms with Crippen LogP contribution in [0.4, 0.5) is 11.8 Å². The first-order valence-electron chi connectivity index (χ1n) is 9.17. The molecule has 9 heteroatoms. The number of nitrogens with zero attached hydrogens (tertiary/aromatic N) is 5. The highest BCUT2D eigenvalue weighted by molar-refractivity contribution is 5.42. The number of H-pyrrole nitrogens is 1. The minimum Gasteiger partial charge on any atom is -0.377 e. The van der Waals surface area contributed by atoms with Gasteiger partial charge in [-0.15, -0.1) is 5.10 Å². The average Bonchev–Trinajstić information content (AvgIpc) is 3.06. The molecular weight excluding hydrogens is 332 g/mol. The molecule has 0 aromatic carbocycles. The number of ether oxygens (including phenoxy) is 1. The van der Waals surface area contributed by atoms with Gasteiger partial charge in [0.15, 0.2) is 5.82 Å². The van der Waals surface area contributed by atoms with Crippen LogP contribution in [0.1, 0.15) is 54.9 Å². The van der Waals surface area contributed by atoms with Gasteiger partial charge in [-0.1, -0.05) is 0 Å². The topological polar surface area (TPSA) is 132 Å². The number of anilines is 2. The van der Waals surface area contributed by atoms with Crippen LogP contribution >= 0.6 is 0 Å². The van der Waals surface area contributed by atoms with Crippen LogP contribution in [0.15, 0.2) is 6.07 Å². The van der Waals surface area contributed by atoms with Crippen molar-refractivity contribution >= 4 is 11.8 Å². The summed E-state index contributed by atoms with van der Waals surface area (Å²) in [7, 11) is 1.67. The molecule has 26 heavy (non-hydrogen) atoms. The second-order valence-corrected chi connectivity index (χ2v) is 7.27. The molecule has 2 aromatic heterocycles. The van der Waals surface area contributed by atoms with Gasteiger partial charge < -0.3 is 21.1 Å². The third kappa shape index (κ3) is 3.49. The van der Waals surface area contributed by atoms with Crippen molar-refractivity contribution in [3.8, 4) is 0 Å². The molecule has 1 aliphatic carbocycles. The van der Waals surface area contributed by atoms with Gasteiger partial charge in [0, 0.05) is 49.8 Å². The Balaban J connectivity index is 1.48. The van der Waals surface area contributed by atoms with Crippen molar-refractivity contribution in [3.63, 3.8) is 0 Å². The van der Waals surface area contributed by atoms with Crippen LogP contribution in [-0.4, -0.2) is 51.4 Å². The number of hydrogen-bond acceptors (Lipinski definition) is 8. The Morgan fingerprint density at radius 2 is 1.96 bits per heavy atom. The van der Waals surface area contributed by atoms with Crippen molar-refractivity contribution < 1.29 is 4.74 Å². The third-order valence-electron chi connectivity index (χ3n) is 5.37. The van der Waals surface area contributed by atoms with Gasteiger partial charge in [0.1, 0.15) is 18.2 Å². The summed E-state index contributed by atoms with van der Waals surface area (Å²) in [5.74, 6) is 3.72. The summed E-state index contributed by atoms with van der Waals surface area (Å²) >= 11 is 0. The smallest absolute Gasteiger partial charge is 0.239 e. The van der Waals surface area contributed by atoms with Gasteiger partial charge in [0.2, 0.25) is 5.95 Å². The molecule has 1 saturated heterocycles. The van der Waals surface area contributed by atoms with E-state index in [2.05, 4.69) is 31.1 Å².